The van der Waals surface area contributed by atoms with Crippen molar-refractivity contribution in [3.8, 4) is 0 Å². The van der Waals surface area contributed by atoms with E-state index in [0.29, 0.717) is 13.1 Å². The Kier molecular flexibility index (Phi) is 7.49. The Morgan fingerprint density at radius 2 is 1.31 bits per heavy atom. The second-order valence-corrected chi connectivity index (χ2v) is 6.73. The molecule has 1 unspecified atom stereocenters. The predicted molar refractivity (Wildman–Crippen MR) is 112 cm³/mol. The van der Waals surface area contributed by atoms with Gasteiger partial charge in [-0.15, -0.1) is 0 Å². The van der Waals surface area contributed by atoms with Crippen LogP contribution in [0.25, 0.3) is 0 Å². The molecular formula is C22H25FN4O2. The maximum absolute atomic E-state index is 14.1. The van der Waals surface area contributed by atoms with Gasteiger partial charge in [0.15, 0.2) is 11.6 Å². The van der Waals surface area contributed by atoms with Gasteiger partial charge in [0.05, 0.1) is 19.4 Å². The number of rotatable bonds is 10. The number of aromatic nitrogens is 2. The van der Waals surface area contributed by atoms with Gasteiger partial charge in [0, 0.05) is 24.9 Å². The van der Waals surface area contributed by atoms with E-state index in [2.05, 4.69) is 20.6 Å². The van der Waals surface area contributed by atoms with Crippen LogP contribution in [0, 0.1) is 5.82 Å². The van der Waals surface area contributed by atoms with Gasteiger partial charge in [0.1, 0.15) is 0 Å². The molecule has 1 aromatic heterocycles. The van der Waals surface area contributed by atoms with Gasteiger partial charge in [-0.1, -0.05) is 60.7 Å². The summed E-state index contributed by atoms with van der Waals surface area (Å²) in [6.45, 7) is 0.648. The van der Waals surface area contributed by atoms with E-state index in [-0.39, 0.29) is 36.8 Å². The molecule has 4 N–H and O–H groups in total. The summed E-state index contributed by atoms with van der Waals surface area (Å²) in [4.78, 5) is 8.18. The van der Waals surface area contributed by atoms with E-state index < -0.39 is 5.82 Å². The summed E-state index contributed by atoms with van der Waals surface area (Å²) in [6, 6.07) is 19.2. The molecule has 0 radical (unpaired) electrons. The largest absolute Gasteiger partial charge is 0.396 e. The molecule has 152 valence electrons. The second kappa shape index (κ2) is 10.5. The van der Waals surface area contributed by atoms with Crippen molar-refractivity contribution in [3.05, 3.63) is 83.8 Å². The van der Waals surface area contributed by atoms with E-state index in [4.69, 9.17) is 0 Å². The summed E-state index contributed by atoms with van der Waals surface area (Å²) in [6.07, 6.45) is 1.10. The first-order valence-corrected chi connectivity index (χ1v) is 9.53. The Morgan fingerprint density at radius 1 is 0.793 bits per heavy atom. The lowest BCUT2D eigenvalue weighted by Gasteiger charge is -2.17. The van der Waals surface area contributed by atoms with Gasteiger partial charge in [-0.2, -0.15) is 4.98 Å². The van der Waals surface area contributed by atoms with Crippen molar-refractivity contribution in [3.63, 3.8) is 0 Å². The Morgan fingerprint density at radius 3 is 1.83 bits per heavy atom. The molecule has 1 heterocycles. The first-order valence-electron chi connectivity index (χ1n) is 9.53. The number of anilines is 2. The van der Waals surface area contributed by atoms with Crippen molar-refractivity contribution in [1.82, 2.24) is 9.97 Å². The average Bonchev–Trinajstić information content (AvgIpc) is 2.78. The molecule has 6 nitrogen and oxygen atoms in total. The SMILES string of the molecule is OCC(CNc1ncc(F)c(NC[C@H](CO)c2ccccc2)n1)c1ccccc1. The lowest BCUT2D eigenvalue weighted by atomic mass is 10.0. The third-order valence-electron chi connectivity index (χ3n) is 4.75. The Labute approximate surface area is 169 Å². The van der Waals surface area contributed by atoms with E-state index in [1.165, 1.54) is 0 Å². The van der Waals surface area contributed by atoms with E-state index in [1.807, 2.05) is 60.7 Å². The van der Waals surface area contributed by atoms with E-state index in [9.17, 15) is 14.6 Å². The lowest BCUT2D eigenvalue weighted by Crippen LogP contribution is -2.20. The highest BCUT2D eigenvalue weighted by atomic mass is 19.1. The minimum atomic E-state index is -0.568. The first kappa shape index (κ1) is 20.7. The van der Waals surface area contributed by atoms with Crippen LogP contribution in [-0.2, 0) is 0 Å². The molecule has 0 saturated carbocycles. The zero-order valence-corrected chi connectivity index (χ0v) is 16.0. The van der Waals surface area contributed by atoms with Gasteiger partial charge < -0.3 is 20.8 Å². The third kappa shape index (κ3) is 5.73. The fourth-order valence-corrected chi connectivity index (χ4v) is 3.04. The number of benzene rings is 2. The first-order chi connectivity index (χ1) is 14.2. The Balaban J connectivity index is 1.63. The Hall–Kier alpha value is -3.03. The smallest absolute Gasteiger partial charge is 0.224 e. The van der Waals surface area contributed by atoms with Crippen molar-refractivity contribution < 1.29 is 14.6 Å². The van der Waals surface area contributed by atoms with Crippen LogP contribution in [0.5, 0.6) is 0 Å². The molecule has 2 aromatic carbocycles. The highest BCUT2D eigenvalue weighted by molar-refractivity contribution is 5.42. The molecule has 0 aliphatic rings. The number of aliphatic hydroxyl groups is 2. The number of hydrogen-bond donors (Lipinski definition) is 4. The average molecular weight is 396 g/mol. The molecule has 2 atom stereocenters. The normalized spacial score (nSPS) is 12.9. The summed E-state index contributed by atoms with van der Waals surface area (Å²) < 4.78 is 14.1. The number of nitrogens with one attached hydrogen (secondary N) is 2. The fourth-order valence-electron chi connectivity index (χ4n) is 3.04. The van der Waals surface area contributed by atoms with Gasteiger partial charge in [-0.3, -0.25) is 0 Å². The molecule has 0 spiro atoms. The molecule has 0 saturated heterocycles. The summed E-state index contributed by atoms with van der Waals surface area (Å²) >= 11 is 0. The number of aliphatic hydroxyl groups excluding tert-OH is 2. The molecule has 7 heteroatoms. The maximum Gasteiger partial charge on any atom is 0.224 e. The molecule has 0 fully saturated rings. The van der Waals surface area contributed by atoms with E-state index in [1.54, 1.807) is 0 Å². The van der Waals surface area contributed by atoms with Gasteiger partial charge in [-0.05, 0) is 11.1 Å². The van der Waals surface area contributed by atoms with Gasteiger partial charge in [-0.25, -0.2) is 9.37 Å². The van der Waals surface area contributed by atoms with Crippen molar-refractivity contribution in [2.24, 2.45) is 0 Å². The van der Waals surface area contributed by atoms with Gasteiger partial charge in [0.25, 0.3) is 0 Å². The van der Waals surface area contributed by atoms with Crippen LogP contribution in [0.4, 0.5) is 16.2 Å². The Bertz CT molecular complexity index is 880. The van der Waals surface area contributed by atoms with Crippen molar-refractivity contribution in [1.29, 1.82) is 0 Å². The molecule has 0 aliphatic carbocycles. The van der Waals surface area contributed by atoms with E-state index >= 15 is 0 Å². The van der Waals surface area contributed by atoms with Crippen LogP contribution < -0.4 is 10.6 Å². The van der Waals surface area contributed by atoms with Gasteiger partial charge in [0.2, 0.25) is 5.95 Å². The van der Waals surface area contributed by atoms with Crippen LogP contribution in [-0.4, -0.2) is 46.5 Å². The highest BCUT2D eigenvalue weighted by Gasteiger charge is 2.14. The minimum Gasteiger partial charge on any atom is -0.396 e. The minimum absolute atomic E-state index is 0.0292. The van der Waals surface area contributed by atoms with Crippen molar-refractivity contribution >= 4 is 11.8 Å². The van der Waals surface area contributed by atoms with Crippen LogP contribution in [0.2, 0.25) is 0 Å². The molecule has 29 heavy (non-hydrogen) atoms. The zero-order chi connectivity index (χ0) is 20.5. The molecule has 0 amide bonds. The second-order valence-electron chi connectivity index (χ2n) is 6.73. The number of halogens is 1. The van der Waals surface area contributed by atoms with Crippen LogP contribution in [0.15, 0.2) is 66.9 Å². The quantitative estimate of drug-likeness (QED) is 0.421. The van der Waals surface area contributed by atoms with E-state index in [0.717, 1.165) is 17.3 Å². The highest BCUT2D eigenvalue weighted by Crippen LogP contribution is 2.19. The number of hydrogen-bond acceptors (Lipinski definition) is 6. The van der Waals surface area contributed by atoms with Crippen LogP contribution >= 0.6 is 0 Å². The third-order valence-corrected chi connectivity index (χ3v) is 4.75. The van der Waals surface area contributed by atoms with Crippen molar-refractivity contribution in [2.75, 3.05) is 36.9 Å². The predicted octanol–water partition coefficient (Wildman–Crippen LogP) is 2.99. The van der Waals surface area contributed by atoms with Crippen LogP contribution in [0.3, 0.4) is 0 Å². The molecule has 0 bridgehead atoms. The summed E-state index contributed by atoms with van der Waals surface area (Å²) in [5.41, 5.74) is 1.96. The summed E-state index contributed by atoms with van der Waals surface area (Å²) in [5.74, 6) is -0.542. The zero-order valence-electron chi connectivity index (χ0n) is 16.0. The summed E-state index contributed by atoms with van der Waals surface area (Å²) in [7, 11) is 0. The maximum atomic E-state index is 14.1. The standard InChI is InChI=1S/C22H25FN4O2/c23-20-13-26-22(25-12-19(15-29)17-9-5-2-6-10-17)27-21(20)24-11-18(14-28)16-7-3-1-4-8-16/h1-10,13,18-19,28-29H,11-12,14-15H2,(H2,24,25,26,27)/t18-,19?/m1/s1. The molecular weight excluding hydrogens is 371 g/mol. The topological polar surface area (TPSA) is 90.3 Å². The summed E-state index contributed by atoms with van der Waals surface area (Å²) in [5, 5.41) is 25.3. The van der Waals surface area contributed by atoms with Gasteiger partial charge >= 0.3 is 0 Å². The monoisotopic (exact) mass is 396 g/mol. The lowest BCUT2D eigenvalue weighted by molar-refractivity contribution is 0.269. The van der Waals surface area contributed by atoms with Crippen LogP contribution in [0.1, 0.15) is 23.0 Å². The molecule has 3 aromatic rings. The molecule has 0 aliphatic heterocycles. The number of nitrogens with zero attached hydrogens (tertiary/aromatic N) is 2. The molecule has 3 rings (SSSR count). The fraction of sp³-hybridized carbons (Fsp3) is 0.273. The van der Waals surface area contributed by atoms with Crippen molar-refractivity contribution in [2.45, 2.75) is 11.8 Å².